The third kappa shape index (κ3) is 3.89. The molecule has 3 heteroatoms. The molecule has 0 heterocycles. The Morgan fingerprint density at radius 3 is 1.93 bits per heavy atom. The number of amides is 1. The number of aryl methyl sites for hydroxylation is 1. The highest BCUT2D eigenvalue weighted by Crippen LogP contribution is 2.29. The Morgan fingerprint density at radius 2 is 1.36 bits per heavy atom. The van der Waals surface area contributed by atoms with Gasteiger partial charge in [0.2, 0.25) is 5.91 Å². The van der Waals surface area contributed by atoms with Gasteiger partial charge in [-0.25, -0.2) is 0 Å². The van der Waals surface area contributed by atoms with Crippen molar-refractivity contribution in [2.45, 2.75) is 25.3 Å². The fourth-order valence-corrected chi connectivity index (χ4v) is 4.04. The number of nitrogens with zero attached hydrogens (tertiary/aromatic N) is 1. The summed E-state index contributed by atoms with van der Waals surface area (Å²) in [5.41, 5.74) is 11.3. The number of fused-ring (bicyclic) bond motifs is 1. The highest BCUT2D eigenvalue weighted by atomic mass is 16.1. The van der Waals surface area contributed by atoms with Crippen LogP contribution in [-0.2, 0) is 17.6 Å². The van der Waals surface area contributed by atoms with Crippen molar-refractivity contribution in [2.75, 3.05) is 0 Å². The van der Waals surface area contributed by atoms with E-state index in [1.807, 2.05) is 60.7 Å². The van der Waals surface area contributed by atoms with E-state index in [0.29, 0.717) is 0 Å². The first kappa shape index (κ1) is 18.2. The molecule has 3 nitrogen and oxygen atoms in total. The van der Waals surface area contributed by atoms with E-state index in [9.17, 15) is 4.79 Å². The van der Waals surface area contributed by atoms with Gasteiger partial charge < -0.3 is 5.73 Å². The number of carbonyl (C=O) groups excluding carboxylic acids is 1. The molecule has 0 saturated heterocycles. The van der Waals surface area contributed by atoms with Crippen LogP contribution in [0.3, 0.4) is 0 Å². The second-order valence-corrected chi connectivity index (χ2v) is 7.33. The Kier molecular flexibility index (Phi) is 5.34. The van der Waals surface area contributed by atoms with Gasteiger partial charge in [0.15, 0.2) is 0 Å². The van der Waals surface area contributed by atoms with E-state index in [0.717, 1.165) is 36.1 Å². The zero-order valence-corrected chi connectivity index (χ0v) is 15.8. The van der Waals surface area contributed by atoms with Gasteiger partial charge in [-0.05, 0) is 36.3 Å². The minimum atomic E-state index is -0.538. The molecule has 140 valence electrons. The van der Waals surface area contributed by atoms with Gasteiger partial charge in [-0.15, -0.1) is 0 Å². The molecular formula is C25H24N2O. The molecule has 1 amide bonds. The topological polar surface area (TPSA) is 55.5 Å². The van der Waals surface area contributed by atoms with Gasteiger partial charge in [-0.1, -0.05) is 84.9 Å². The van der Waals surface area contributed by atoms with Crippen LogP contribution in [0, 0.1) is 5.92 Å². The normalized spacial score (nSPS) is 16.6. The molecule has 2 N–H and O–H groups in total. The van der Waals surface area contributed by atoms with Crippen LogP contribution in [0.25, 0.3) is 0 Å². The Morgan fingerprint density at radius 1 is 0.821 bits per heavy atom. The summed E-state index contributed by atoms with van der Waals surface area (Å²) in [6, 6.07) is 28.0. The van der Waals surface area contributed by atoms with Crippen molar-refractivity contribution in [3.8, 4) is 0 Å². The minimum absolute atomic E-state index is 0.120. The molecule has 0 spiro atoms. The number of aliphatic imine (C=N–C) groups is 1. The lowest BCUT2D eigenvalue weighted by molar-refractivity contribution is -0.120. The fraction of sp³-hybridized carbons (Fsp3) is 0.200. The maximum absolute atomic E-state index is 12.4. The fourth-order valence-electron chi connectivity index (χ4n) is 4.04. The van der Waals surface area contributed by atoms with Crippen molar-refractivity contribution in [1.82, 2.24) is 0 Å². The Labute approximate surface area is 165 Å². The maximum atomic E-state index is 12.4. The van der Waals surface area contributed by atoms with E-state index in [4.69, 9.17) is 10.7 Å². The molecule has 2 unspecified atom stereocenters. The van der Waals surface area contributed by atoms with Crippen molar-refractivity contribution < 1.29 is 4.79 Å². The average Bonchev–Trinajstić information content (AvgIpc) is 2.75. The quantitative estimate of drug-likeness (QED) is 0.675. The number of hydrogen-bond acceptors (Lipinski definition) is 2. The monoisotopic (exact) mass is 368 g/mol. The summed E-state index contributed by atoms with van der Waals surface area (Å²) in [7, 11) is 0. The molecule has 1 aliphatic carbocycles. The molecule has 0 fully saturated rings. The molecule has 3 aromatic carbocycles. The van der Waals surface area contributed by atoms with Crippen LogP contribution in [0.15, 0.2) is 89.9 Å². The van der Waals surface area contributed by atoms with E-state index in [-0.39, 0.29) is 11.8 Å². The SMILES string of the molecule is NC(=O)C(N=C(c1ccccc1)c1ccccc1)C1CCc2ccccc2C1. The van der Waals surface area contributed by atoms with Crippen molar-refractivity contribution in [1.29, 1.82) is 0 Å². The van der Waals surface area contributed by atoms with Crippen molar-refractivity contribution >= 4 is 11.6 Å². The summed E-state index contributed by atoms with van der Waals surface area (Å²) < 4.78 is 0. The maximum Gasteiger partial charge on any atom is 0.242 e. The number of carbonyl (C=O) groups is 1. The molecule has 0 bridgehead atoms. The highest BCUT2D eigenvalue weighted by Gasteiger charge is 2.30. The van der Waals surface area contributed by atoms with Gasteiger partial charge in [0, 0.05) is 11.1 Å². The summed E-state index contributed by atoms with van der Waals surface area (Å²) in [6.45, 7) is 0. The van der Waals surface area contributed by atoms with E-state index in [2.05, 4.69) is 24.3 Å². The van der Waals surface area contributed by atoms with Gasteiger partial charge >= 0.3 is 0 Å². The Balaban J connectivity index is 1.73. The summed E-state index contributed by atoms with van der Waals surface area (Å²) in [6.07, 6.45) is 2.72. The van der Waals surface area contributed by atoms with Crippen LogP contribution in [0.2, 0.25) is 0 Å². The van der Waals surface area contributed by atoms with Crippen LogP contribution in [0.4, 0.5) is 0 Å². The summed E-state index contributed by atoms with van der Waals surface area (Å²) in [4.78, 5) is 17.4. The van der Waals surface area contributed by atoms with Crippen LogP contribution in [0.1, 0.15) is 28.7 Å². The molecule has 2 atom stereocenters. The van der Waals surface area contributed by atoms with Gasteiger partial charge in [0.25, 0.3) is 0 Å². The number of rotatable bonds is 5. The lowest BCUT2D eigenvalue weighted by Gasteiger charge is -2.28. The molecule has 28 heavy (non-hydrogen) atoms. The molecule has 0 radical (unpaired) electrons. The average molecular weight is 368 g/mol. The number of primary amides is 1. The molecule has 3 aromatic rings. The molecule has 4 rings (SSSR count). The second kappa shape index (κ2) is 8.22. The Hall–Kier alpha value is -3.20. The standard InChI is InChI=1S/C25H24N2O/c26-25(28)24(22-16-15-18-9-7-8-14-21(18)17-22)27-23(19-10-3-1-4-11-19)20-12-5-2-6-13-20/h1-14,22,24H,15-17H2,(H2,26,28). The molecule has 0 aromatic heterocycles. The van der Waals surface area contributed by atoms with Gasteiger partial charge in [-0.2, -0.15) is 0 Å². The summed E-state index contributed by atoms with van der Waals surface area (Å²) >= 11 is 0. The third-order valence-electron chi connectivity index (χ3n) is 5.49. The zero-order valence-electron chi connectivity index (χ0n) is 15.8. The summed E-state index contributed by atoms with van der Waals surface area (Å²) in [5.74, 6) is -0.233. The van der Waals surface area contributed by atoms with Gasteiger partial charge in [0.05, 0.1) is 5.71 Å². The van der Waals surface area contributed by atoms with E-state index in [1.54, 1.807) is 0 Å². The van der Waals surface area contributed by atoms with Crippen molar-refractivity contribution in [3.63, 3.8) is 0 Å². The van der Waals surface area contributed by atoms with E-state index in [1.165, 1.54) is 11.1 Å². The lowest BCUT2D eigenvalue weighted by atomic mass is 9.80. The highest BCUT2D eigenvalue weighted by molar-refractivity contribution is 6.13. The van der Waals surface area contributed by atoms with Crippen LogP contribution < -0.4 is 5.73 Å². The number of nitrogens with two attached hydrogens (primary N) is 1. The number of hydrogen-bond donors (Lipinski definition) is 1. The minimum Gasteiger partial charge on any atom is -0.368 e. The smallest absolute Gasteiger partial charge is 0.242 e. The molecule has 0 aliphatic heterocycles. The third-order valence-corrected chi connectivity index (χ3v) is 5.49. The first-order chi connectivity index (χ1) is 13.7. The van der Waals surface area contributed by atoms with Gasteiger partial charge in [0.1, 0.15) is 6.04 Å². The molecule has 1 aliphatic rings. The first-order valence-electron chi connectivity index (χ1n) is 9.77. The lowest BCUT2D eigenvalue weighted by Crippen LogP contribution is -2.37. The predicted octanol–water partition coefficient (Wildman–Crippen LogP) is 4.18. The Bertz CT molecular complexity index is 938. The summed E-state index contributed by atoms with van der Waals surface area (Å²) in [5, 5.41) is 0. The number of benzene rings is 3. The van der Waals surface area contributed by atoms with Crippen molar-refractivity contribution in [2.24, 2.45) is 16.6 Å². The zero-order chi connectivity index (χ0) is 19.3. The van der Waals surface area contributed by atoms with Gasteiger partial charge in [-0.3, -0.25) is 9.79 Å². The predicted molar refractivity (Wildman–Crippen MR) is 113 cm³/mol. The van der Waals surface area contributed by atoms with Crippen LogP contribution >= 0.6 is 0 Å². The largest absolute Gasteiger partial charge is 0.368 e. The van der Waals surface area contributed by atoms with Crippen LogP contribution in [-0.4, -0.2) is 17.7 Å². The molecular weight excluding hydrogens is 344 g/mol. The van der Waals surface area contributed by atoms with E-state index < -0.39 is 6.04 Å². The second-order valence-electron chi connectivity index (χ2n) is 7.33. The van der Waals surface area contributed by atoms with Crippen LogP contribution in [0.5, 0.6) is 0 Å². The van der Waals surface area contributed by atoms with Crippen molar-refractivity contribution in [3.05, 3.63) is 107 Å². The van der Waals surface area contributed by atoms with E-state index >= 15 is 0 Å². The first-order valence-corrected chi connectivity index (χ1v) is 9.77. The molecule has 0 saturated carbocycles.